The SMILES string of the molecule is CCCCC(CC)COC(=O)CSc1ccc2c3c(cccc13)C(=O)N(OS(=O)(=O)C(F)(F)C(=O)OC)C2=O. The molecule has 3 rings (SSSR count). The average molecular weight is 588 g/mol. The number of nitrogens with zero attached hydrogens (tertiary/aromatic N) is 1. The van der Waals surface area contributed by atoms with Gasteiger partial charge in [-0.15, -0.1) is 21.1 Å². The van der Waals surface area contributed by atoms with Gasteiger partial charge < -0.3 is 9.47 Å². The minimum absolute atomic E-state index is 0.0408. The summed E-state index contributed by atoms with van der Waals surface area (Å²) >= 11 is 1.12. The van der Waals surface area contributed by atoms with Crippen LogP contribution in [0.4, 0.5) is 8.78 Å². The summed E-state index contributed by atoms with van der Waals surface area (Å²) in [6, 6.07) is 7.01. The fraction of sp³-hybridized carbons (Fsp3) is 0.440. The van der Waals surface area contributed by atoms with E-state index in [9.17, 15) is 36.4 Å². The van der Waals surface area contributed by atoms with E-state index in [0.717, 1.165) is 37.4 Å². The number of thioether (sulfide) groups is 1. The second kappa shape index (κ2) is 12.4. The number of rotatable bonds is 13. The topological polar surface area (TPSA) is 133 Å². The van der Waals surface area contributed by atoms with Crippen LogP contribution in [0, 0.1) is 5.92 Å². The van der Waals surface area contributed by atoms with Gasteiger partial charge in [0.05, 0.1) is 30.6 Å². The molecule has 1 heterocycles. The lowest BCUT2D eigenvalue weighted by Crippen LogP contribution is -2.48. The van der Waals surface area contributed by atoms with E-state index in [1.54, 1.807) is 6.07 Å². The van der Waals surface area contributed by atoms with Crippen molar-refractivity contribution in [2.75, 3.05) is 19.5 Å². The van der Waals surface area contributed by atoms with Crippen molar-refractivity contribution in [3.05, 3.63) is 41.5 Å². The van der Waals surface area contributed by atoms with Crippen molar-refractivity contribution in [3.63, 3.8) is 0 Å². The molecular formula is C25H27F2NO9S2. The summed E-state index contributed by atoms with van der Waals surface area (Å²) in [5.41, 5.74) is -0.407. The zero-order chi connectivity index (χ0) is 29.0. The number of hydrogen-bond acceptors (Lipinski definition) is 10. The van der Waals surface area contributed by atoms with Crippen LogP contribution in [0.15, 0.2) is 35.2 Å². The summed E-state index contributed by atoms with van der Waals surface area (Å²) in [5.74, 6) is -5.31. The van der Waals surface area contributed by atoms with E-state index in [0.29, 0.717) is 24.0 Å². The van der Waals surface area contributed by atoms with Crippen molar-refractivity contribution in [2.45, 2.75) is 49.7 Å². The molecular weight excluding hydrogens is 560 g/mol. The summed E-state index contributed by atoms with van der Waals surface area (Å²) in [6.45, 7) is 4.44. The fourth-order valence-corrected chi connectivity index (χ4v) is 5.45. The molecule has 2 aromatic carbocycles. The second-order valence-electron chi connectivity index (χ2n) is 8.67. The normalized spacial score (nSPS) is 14.4. The van der Waals surface area contributed by atoms with Crippen LogP contribution in [0.25, 0.3) is 10.8 Å². The van der Waals surface area contributed by atoms with Crippen LogP contribution in [-0.2, 0) is 33.5 Å². The summed E-state index contributed by atoms with van der Waals surface area (Å²) in [5, 5.41) is -4.98. The van der Waals surface area contributed by atoms with E-state index < -0.39 is 39.1 Å². The Hall–Kier alpha value is -3.10. The number of carbonyl (C=O) groups excluding carboxylic acids is 4. The molecule has 0 aromatic heterocycles. The predicted octanol–water partition coefficient (Wildman–Crippen LogP) is 4.31. The number of carbonyl (C=O) groups is 4. The highest BCUT2D eigenvalue weighted by atomic mass is 32.2. The molecule has 0 saturated heterocycles. The first-order chi connectivity index (χ1) is 18.4. The van der Waals surface area contributed by atoms with Gasteiger partial charge in [-0.05, 0) is 35.9 Å². The van der Waals surface area contributed by atoms with Crippen molar-refractivity contribution in [3.8, 4) is 0 Å². The van der Waals surface area contributed by atoms with Crippen LogP contribution in [-0.4, -0.2) is 62.0 Å². The Morgan fingerprint density at radius 1 is 1.08 bits per heavy atom. The van der Waals surface area contributed by atoms with Crippen LogP contribution in [0.3, 0.4) is 0 Å². The largest absolute Gasteiger partial charge is 0.467 e. The molecule has 0 spiro atoms. The first kappa shape index (κ1) is 30.4. The third-order valence-electron chi connectivity index (χ3n) is 6.11. The van der Waals surface area contributed by atoms with Gasteiger partial charge in [0.25, 0.3) is 11.8 Å². The number of esters is 2. The molecule has 14 heteroatoms. The number of benzene rings is 2. The molecule has 0 bridgehead atoms. The summed E-state index contributed by atoms with van der Waals surface area (Å²) in [4.78, 5) is 50.1. The van der Waals surface area contributed by atoms with Gasteiger partial charge in [-0.25, -0.2) is 4.79 Å². The molecule has 10 nitrogen and oxygen atoms in total. The highest BCUT2D eigenvalue weighted by molar-refractivity contribution is 8.00. The van der Waals surface area contributed by atoms with Gasteiger partial charge in [0.15, 0.2) is 0 Å². The zero-order valence-corrected chi connectivity index (χ0v) is 23.0. The predicted molar refractivity (Wildman–Crippen MR) is 136 cm³/mol. The number of methoxy groups -OCH3 is 1. The van der Waals surface area contributed by atoms with E-state index in [1.165, 1.54) is 24.3 Å². The smallest absolute Gasteiger partial charge is 0.465 e. The van der Waals surface area contributed by atoms with Gasteiger partial charge >= 0.3 is 27.3 Å². The Balaban J connectivity index is 1.82. The Labute approximate surface area is 228 Å². The van der Waals surface area contributed by atoms with Crippen LogP contribution in [0.1, 0.15) is 60.2 Å². The summed E-state index contributed by atoms with van der Waals surface area (Å²) in [7, 11) is -5.60. The van der Waals surface area contributed by atoms with E-state index >= 15 is 0 Å². The molecule has 39 heavy (non-hydrogen) atoms. The molecule has 0 aliphatic carbocycles. The number of halogens is 2. The quantitative estimate of drug-likeness (QED) is 0.190. The van der Waals surface area contributed by atoms with Crippen LogP contribution < -0.4 is 0 Å². The maximum absolute atomic E-state index is 14.0. The van der Waals surface area contributed by atoms with Gasteiger partial charge in [-0.3, -0.25) is 14.4 Å². The van der Waals surface area contributed by atoms with Crippen molar-refractivity contribution in [1.82, 2.24) is 5.06 Å². The minimum Gasteiger partial charge on any atom is -0.465 e. The maximum atomic E-state index is 14.0. The molecule has 1 atom stereocenters. The highest BCUT2D eigenvalue weighted by Crippen LogP contribution is 2.37. The Bertz CT molecular complexity index is 1370. The first-order valence-electron chi connectivity index (χ1n) is 12.0. The van der Waals surface area contributed by atoms with Crippen molar-refractivity contribution < 1.29 is 50.1 Å². The molecule has 0 radical (unpaired) electrons. The van der Waals surface area contributed by atoms with Gasteiger partial charge in [0.2, 0.25) is 0 Å². The second-order valence-corrected chi connectivity index (χ2v) is 11.3. The van der Waals surface area contributed by atoms with Gasteiger partial charge in [0.1, 0.15) is 0 Å². The molecule has 212 valence electrons. The third-order valence-corrected chi connectivity index (χ3v) is 8.30. The molecule has 1 aliphatic rings. The third kappa shape index (κ3) is 6.23. The van der Waals surface area contributed by atoms with Gasteiger partial charge in [-0.1, -0.05) is 45.2 Å². The van der Waals surface area contributed by atoms with E-state index in [1.807, 2.05) is 6.92 Å². The van der Waals surface area contributed by atoms with Crippen molar-refractivity contribution in [2.24, 2.45) is 5.92 Å². The fourth-order valence-electron chi connectivity index (χ4n) is 3.89. The number of ether oxygens (including phenoxy) is 2. The van der Waals surface area contributed by atoms with E-state index in [4.69, 9.17) is 4.74 Å². The van der Waals surface area contributed by atoms with Gasteiger partial charge in [0, 0.05) is 10.3 Å². The maximum Gasteiger partial charge on any atom is 0.467 e. The lowest BCUT2D eigenvalue weighted by molar-refractivity contribution is -0.159. The molecule has 0 N–H and O–H groups in total. The zero-order valence-electron chi connectivity index (χ0n) is 21.4. The van der Waals surface area contributed by atoms with Crippen LogP contribution in [0.5, 0.6) is 0 Å². The summed E-state index contributed by atoms with van der Waals surface area (Å²) in [6.07, 6.45) is 3.95. The van der Waals surface area contributed by atoms with Gasteiger partial charge in [-0.2, -0.15) is 17.2 Å². The number of alkyl halides is 2. The lowest BCUT2D eigenvalue weighted by Gasteiger charge is -2.26. The Kier molecular flexibility index (Phi) is 9.67. The molecule has 2 aromatic rings. The van der Waals surface area contributed by atoms with Crippen molar-refractivity contribution in [1.29, 1.82) is 0 Å². The molecule has 2 amide bonds. The number of imide groups is 1. The number of amides is 2. The monoisotopic (exact) mass is 587 g/mol. The minimum atomic E-state index is -6.13. The number of unbranched alkanes of at least 4 members (excludes halogenated alkanes) is 1. The Morgan fingerprint density at radius 3 is 2.36 bits per heavy atom. The molecule has 0 fully saturated rings. The number of hydrogen-bond donors (Lipinski definition) is 0. The van der Waals surface area contributed by atoms with Crippen LogP contribution in [0.2, 0.25) is 0 Å². The standard InChI is InChI=1S/C25H27F2NO9S2/c1-4-6-8-15(5-2)13-36-20(29)14-38-19-12-11-18-21-16(19)9-7-10-17(21)22(30)28(23(18)31)37-39(33,34)25(26,27)24(32)35-3/h7,9-12,15H,4-6,8,13-14H2,1-3H3. The van der Waals surface area contributed by atoms with E-state index in [-0.39, 0.29) is 33.2 Å². The highest BCUT2D eigenvalue weighted by Gasteiger charge is 2.58. The van der Waals surface area contributed by atoms with Crippen LogP contribution >= 0.6 is 11.8 Å². The lowest BCUT2D eigenvalue weighted by atomic mass is 9.95. The number of hydroxylamine groups is 2. The van der Waals surface area contributed by atoms with Crippen molar-refractivity contribution >= 4 is 56.4 Å². The first-order valence-corrected chi connectivity index (χ1v) is 14.4. The molecule has 1 aliphatic heterocycles. The molecule has 1 unspecified atom stereocenters. The molecule has 0 saturated carbocycles. The summed E-state index contributed by atoms with van der Waals surface area (Å²) < 4.78 is 65.5. The van der Waals surface area contributed by atoms with E-state index in [2.05, 4.69) is 15.9 Å². The Morgan fingerprint density at radius 2 is 1.74 bits per heavy atom. The average Bonchev–Trinajstić information content (AvgIpc) is 2.92.